The maximum atomic E-state index is 12.5. The van der Waals surface area contributed by atoms with Gasteiger partial charge < -0.3 is 4.90 Å². The molecule has 1 aromatic rings. The van der Waals surface area contributed by atoms with Crippen LogP contribution in [0.5, 0.6) is 0 Å². The lowest BCUT2D eigenvalue weighted by atomic mass is 10.0. The van der Waals surface area contributed by atoms with Gasteiger partial charge >= 0.3 is 6.03 Å². The molecular formula is C18H24N2O2. The molecule has 1 fully saturated rings. The molecule has 118 valence electrons. The highest BCUT2D eigenvalue weighted by Crippen LogP contribution is 2.34. The van der Waals surface area contributed by atoms with E-state index in [-0.39, 0.29) is 24.0 Å². The van der Waals surface area contributed by atoms with Crippen LogP contribution in [0, 0.1) is 5.92 Å². The van der Waals surface area contributed by atoms with Gasteiger partial charge in [0.25, 0.3) is 5.91 Å². The van der Waals surface area contributed by atoms with E-state index < -0.39 is 0 Å². The second-order valence-corrected chi connectivity index (χ2v) is 6.23. The number of benzene rings is 1. The van der Waals surface area contributed by atoms with Crippen LogP contribution < -0.4 is 0 Å². The Bertz CT molecular complexity index is 566. The molecule has 0 aromatic heterocycles. The van der Waals surface area contributed by atoms with E-state index >= 15 is 0 Å². The van der Waals surface area contributed by atoms with Gasteiger partial charge in [0.2, 0.25) is 0 Å². The largest absolute Gasteiger partial charge is 0.327 e. The zero-order valence-corrected chi connectivity index (χ0v) is 13.7. The Morgan fingerprint density at radius 2 is 1.91 bits per heavy atom. The lowest BCUT2D eigenvalue weighted by Crippen LogP contribution is -2.35. The number of amides is 3. The molecule has 1 heterocycles. The molecule has 22 heavy (non-hydrogen) atoms. The van der Waals surface area contributed by atoms with Crippen LogP contribution in [0.1, 0.15) is 38.8 Å². The number of carbonyl (C=O) groups excluding carboxylic acids is 2. The van der Waals surface area contributed by atoms with Gasteiger partial charge in [-0.15, -0.1) is 0 Å². The monoisotopic (exact) mass is 300 g/mol. The number of hydrogen-bond acceptors (Lipinski definition) is 2. The fourth-order valence-electron chi connectivity index (χ4n) is 2.72. The SMILES string of the molecule is CC(C)C/C=C/C(=O)N1C(=O)N(C)[C@@H](C)[C@H]1c1ccccc1. The normalized spacial score (nSPS) is 22.1. The first-order valence-electron chi connectivity index (χ1n) is 7.75. The summed E-state index contributed by atoms with van der Waals surface area (Å²) in [6.45, 7) is 6.16. The number of carbonyl (C=O) groups is 2. The number of nitrogens with zero attached hydrogens (tertiary/aromatic N) is 2. The molecular weight excluding hydrogens is 276 g/mol. The minimum absolute atomic E-state index is 0.0441. The number of likely N-dealkylation sites (N-methyl/N-ethyl adjacent to an activating group) is 1. The third kappa shape index (κ3) is 3.21. The van der Waals surface area contributed by atoms with Crippen molar-refractivity contribution < 1.29 is 9.59 Å². The minimum Gasteiger partial charge on any atom is -0.322 e. The summed E-state index contributed by atoms with van der Waals surface area (Å²) in [5, 5.41) is 0. The van der Waals surface area contributed by atoms with E-state index in [0.717, 1.165) is 12.0 Å². The first-order chi connectivity index (χ1) is 10.4. The van der Waals surface area contributed by atoms with Gasteiger partial charge in [0.05, 0.1) is 12.1 Å². The van der Waals surface area contributed by atoms with E-state index in [2.05, 4.69) is 13.8 Å². The zero-order chi connectivity index (χ0) is 16.3. The van der Waals surface area contributed by atoms with Crippen molar-refractivity contribution in [2.45, 2.75) is 39.3 Å². The molecule has 0 N–H and O–H groups in total. The highest BCUT2D eigenvalue weighted by Gasteiger charge is 2.44. The first kappa shape index (κ1) is 16.3. The molecule has 4 nitrogen and oxygen atoms in total. The summed E-state index contributed by atoms with van der Waals surface area (Å²) >= 11 is 0. The molecule has 2 atom stereocenters. The van der Waals surface area contributed by atoms with Crippen LogP contribution in [0.25, 0.3) is 0 Å². The quantitative estimate of drug-likeness (QED) is 0.797. The second-order valence-electron chi connectivity index (χ2n) is 6.23. The molecule has 1 aromatic carbocycles. The molecule has 1 aliphatic rings. The Labute approximate surface area is 132 Å². The fourth-order valence-corrected chi connectivity index (χ4v) is 2.72. The van der Waals surface area contributed by atoms with E-state index in [1.807, 2.05) is 43.3 Å². The lowest BCUT2D eigenvalue weighted by Gasteiger charge is -2.23. The number of hydrogen-bond donors (Lipinski definition) is 0. The van der Waals surface area contributed by atoms with E-state index in [9.17, 15) is 9.59 Å². The van der Waals surface area contributed by atoms with Crippen molar-refractivity contribution in [1.29, 1.82) is 0 Å². The van der Waals surface area contributed by atoms with Crippen molar-refractivity contribution in [2.75, 3.05) is 7.05 Å². The second kappa shape index (κ2) is 6.77. The molecule has 0 spiro atoms. The summed E-state index contributed by atoms with van der Waals surface area (Å²) in [6, 6.07) is 9.21. The molecule has 0 unspecified atom stereocenters. The Balaban J connectivity index is 2.27. The number of imide groups is 1. The number of rotatable bonds is 4. The highest BCUT2D eigenvalue weighted by atomic mass is 16.2. The third-order valence-electron chi connectivity index (χ3n) is 4.10. The molecule has 4 heteroatoms. The van der Waals surface area contributed by atoms with Crippen molar-refractivity contribution >= 4 is 11.9 Å². The summed E-state index contributed by atoms with van der Waals surface area (Å²) in [5.41, 5.74) is 0.985. The summed E-state index contributed by atoms with van der Waals surface area (Å²) < 4.78 is 0. The van der Waals surface area contributed by atoms with E-state index in [1.54, 1.807) is 11.9 Å². The van der Waals surface area contributed by atoms with Crippen LogP contribution in [-0.4, -0.2) is 34.8 Å². The summed E-state index contributed by atoms with van der Waals surface area (Å²) in [5.74, 6) is 0.251. The maximum Gasteiger partial charge on any atom is 0.327 e. The molecule has 0 saturated carbocycles. The molecule has 2 rings (SSSR count). The van der Waals surface area contributed by atoms with Gasteiger partial charge in [-0.3, -0.25) is 9.69 Å². The van der Waals surface area contributed by atoms with Gasteiger partial charge in [0, 0.05) is 7.05 Å². The lowest BCUT2D eigenvalue weighted by molar-refractivity contribution is -0.124. The molecule has 0 radical (unpaired) electrons. The van der Waals surface area contributed by atoms with Crippen LogP contribution in [0.15, 0.2) is 42.5 Å². The summed E-state index contributed by atoms with van der Waals surface area (Å²) in [7, 11) is 1.74. The van der Waals surface area contributed by atoms with Gasteiger partial charge in [-0.25, -0.2) is 4.79 Å². The van der Waals surface area contributed by atoms with Crippen molar-refractivity contribution in [1.82, 2.24) is 9.80 Å². The van der Waals surface area contributed by atoms with Crippen molar-refractivity contribution in [3.63, 3.8) is 0 Å². The maximum absolute atomic E-state index is 12.5. The highest BCUT2D eigenvalue weighted by molar-refractivity contribution is 6.02. The van der Waals surface area contributed by atoms with Gasteiger partial charge in [0.15, 0.2) is 0 Å². The van der Waals surface area contributed by atoms with Crippen molar-refractivity contribution in [3.05, 3.63) is 48.0 Å². The Kier molecular flexibility index (Phi) is 5.01. The molecule has 1 saturated heterocycles. The summed E-state index contributed by atoms with van der Waals surface area (Å²) in [4.78, 5) is 27.9. The molecule has 0 bridgehead atoms. The van der Waals surface area contributed by atoms with E-state index in [0.29, 0.717) is 5.92 Å². The zero-order valence-electron chi connectivity index (χ0n) is 13.7. The third-order valence-corrected chi connectivity index (χ3v) is 4.10. The van der Waals surface area contributed by atoms with Crippen LogP contribution in [0.3, 0.4) is 0 Å². The molecule has 3 amide bonds. The summed E-state index contributed by atoms with van der Waals surface area (Å²) in [6.07, 6.45) is 4.21. The van der Waals surface area contributed by atoms with Crippen molar-refractivity contribution in [3.8, 4) is 0 Å². The van der Waals surface area contributed by atoms with Gasteiger partial charge in [-0.05, 0) is 30.9 Å². The Hall–Kier alpha value is -2.10. The topological polar surface area (TPSA) is 40.6 Å². The average Bonchev–Trinajstić information content (AvgIpc) is 2.72. The standard InChI is InChI=1S/C18H24N2O2/c1-13(2)9-8-12-16(21)20-17(14(3)19(4)18(20)22)15-10-6-5-7-11-15/h5-8,10-14,17H,9H2,1-4H3/b12-8+/t14-,17-/m0/s1. The Morgan fingerprint density at radius 3 is 2.50 bits per heavy atom. The number of allylic oxidation sites excluding steroid dienone is 1. The minimum atomic E-state index is -0.241. The number of urea groups is 1. The van der Waals surface area contributed by atoms with E-state index in [4.69, 9.17) is 0 Å². The molecule has 1 aliphatic heterocycles. The fraction of sp³-hybridized carbons (Fsp3) is 0.444. The predicted octanol–water partition coefficient (Wildman–Crippen LogP) is 3.61. The smallest absolute Gasteiger partial charge is 0.322 e. The van der Waals surface area contributed by atoms with Gasteiger partial charge in [-0.1, -0.05) is 50.3 Å². The predicted molar refractivity (Wildman–Crippen MR) is 87.2 cm³/mol. The van der Waals surface area contributed by atoms with Crippen LogP contribution in [0.2, 0.25) is 0 Å². The van der Waals surface area contributed by atoms with E-state index in [1.165, 1.54) is 11.0 Å². The molecule has 0 aliphatic carbocycles. The van der Waals surface area contributed by atoms with Crippen LogP contribution >= 0.6 is 0 Å². The van der Waals surface area contributed by atoms with Crippen molar-refractivity contribution in [2.24, 2.45) is 5.92 Å². The van der Waals surface area contributed by atoms with Crippen LogP contribution in [0.4, 0.5) is 4.79 Å². The first-order valence-corrected chi connectivity index (χ1v) is 7.75. The average molecular weight is 300 g/mol. The van der Waals surface area contributed by atoms with Gasteiger partial charge in [0.1, 0.15) is 0 Å². The Morgan fingerprint density at radius 1 is 1.27 bits per heavy atom. The van der Waals surface area contributed by atoms with Gasteiger partial charge in [-0.2, -0.15) is 0 Å². The van der Waals surface area contributed by atoms with Crippen LogP contribution in [-0.2, 0) is 4.79 Å².